The van der Waals surface area contributed by atoms with Crippen LogP contribution in [0.5, 0.6) is 17.2 Å². The average Bonchev–Trinajstić information content (AvgIpc) is 2.79. The number of hydrogen-bond acceptors (Lipinski definition) is 6. The van der Waals surface area contributed by atoms with Gasteiger partial charge in [-0.25, -0.2) is 10.2 Å². The lowest BCUT2D eigenvalue weighted by Gasteiger charge is -2.09. The Kier molecular flexibility index (Phi) is 7.78. The van der Waals surface area contributed by atoms with Crippen molar-refractivity contribution in [3.63, 3.8) is 0 Å². The molecule has 0 atom stereocenters. The minimum absolute atomic E-state index is 0.206. The van der Waals surface area contributed by atoms with Gasteiger partial charge in [-0.2, -0.15) is 5.10 Å². The molecule has 7 nitrogen and oxygen atoms in total. The van der Waals surface area contributed by atoms with E-state index in [0.717, 1.165) is 4.47 Å². The number of para-hydroxylation sites is 2. The van der Waals surface area contributed by atoms with Crippen LogP contribution in [-0.4, -0.2) is 31.8 Å². The molecular formula is C23H19BrN2O5. The Balaban J connectivity index is 1.48. The summed E-state index contributed by atoms with van der Waals surface area (Å²) in [5, 5.41) is 3.90. The number of benzene rings is 3. The highest BCUT2D eigenvalue weighted by molar-refractivity contribution is 9.10. The van der Waals surface area contributed by atoms with E-state index >= 15 is 0 Å². The second kappa shape index (κ2) is 10.9. The number of carbonyl (C=O) groups excluding carboxylic acids is 2. The largest absolute Gasteiger partial charge is 0.493 e. The van der Waals surface area contributed by atoms with Crippen molar-refractivity contribution in [3.8, 4) is 17.2 Å². The molecule has 0 saturated heterocycles. The normalized spacial score (nSPS) is 10.5. The summed E-state index contributed by atoms with van der Waals surface area (Å²) >= 11 is 3.32. The number of hydrogen-bond donors (Lipinski definition) is 1. The van der Waals surface area contributed by atoms with Gasteiger partial charge in [0, 0.05) is 4.47 Å². The molecule has 8 heteroatoms. The van der Waals surface area contributed by atoms with E-state index in [2.05, 4.69) is 26.5 Å². The SMILES string of the molecule is COc1ccccc1OCC(=O)N/N=C\c1ccc(OC(=O)c2cccc(Br)c2)cc1. The van der Waals surface area contributed by atoms with Crippen LogP contribution in [0.25, 0.3) is 0 Å². The van der Waals surface area contributed by atoms with Crippen molar-refractivity contribution in [2.75, 3.05) is 13.7 Å². The molecule has 31 heavy (non-hydrogen) atoms. The van der Waals surface area contributed by atoms with Gasteiger partial charge in [0.05, 0.1) is 18.9 Å². The lowest BCUT2D eigenvalue weighted by Crippen LogP contribution is -2.24. The second-order valence-corrected chi connectivity index (χ2v) is 7.12. The minimum Gasteiger partial charge on any atom is -0.493 e. The van der Waals surface area contributed by atoms with E-state index in [1.54, 1.807) is 60.7 Å². The van der Waals surface area contributed by atoms with Gasteiger partial charge in [-0.05, 0) is 60.2 Å². The molecule has 0 aliphatic rings. The molecule has 0 heterocycles. The Hall–Kier alpha value is -3.65. The molecule has 3 rings (SSSR count). The predicted molar refractivity (Wildman–Crippen MR) is 120 cm³/mol. The maximum atomic E-state index is 12.2. The highest BCUT2D eigenvalue weighted by atomic mass is 79.9. The topological polar surface area (TPSA) is 86.2 Å². The number of esters is 1. The molecule has 0 saturated carbocycles. The summed E-state index contributed by atoms with van der Waals surface area (Å²) in [5.74, 6) is 0.541. The van der Waals surface area contributed by atoms with Gasteiger partial charge in [-0.15, -0.1) is 0 Å². The number of nitrogens with zero attached hydrogens (tertiary/aromatic N) is 1. The third kappa shape index (κ3) is 6.68. The van der Waals surface area contributed by atoms with Crippen LogP contribution in [0, 0.1) is 0 Å². The molecule has 3 aromatic rings. The maximum Gasteiger partial charge on any atom is 0.343 e. The first-order valence-electron chi connectivity index (χ1n) is 9.20. The molecule has 0 bridgehead atoms. The quantitative estimate of drug-likeness (QED) is 0.225. The number of carbonyl (C=O) groups is 2. The molecule has 0 aliphatic heterocycles. The summed E-state index contributed by atoms with van der Waals surface area (Å²) in [7, 11) is 1.53. The zero-order valence-electron chi connectivity index (χ0n) is 16.6. The van der Waals surface area contributed by atoms with Crippen LogP contribution < -0.4 is 19.6 Å². The molecule has 3 aromatic carbocycles. The standard InChI is InChI=1S/C23H19BrN2O5/c1-29-20-7-2-3-8-21(20)30-15-22(27)26-25-14-16-9-11-19(12-10-16)31-23(28)17-5-4-6-18(24)13-17/h2-14H,15H2,1H3,(H,26,27)/b25-14-. The summed E-state index contributed by atoms with van der Waals surface area (Å²) in [6.45, 7) is -0.206. The molecule has 1 N–H and O–H groups in total. The van der Waals surface area contributed by atoms with E-state index in [-0.39, 0.29) is 6.61 Å². The molecule has 0 radical (unpaired) electrons. The highest BCUT2D eigenvalue weighted by Gasteiger charge is 2.09. The van der Waals surface area contributed by atoms with Gasteiger partial charge in [0.2, 0.25) is 0 Å². The fraction of sp³-hybridized carbons (Fsp3) is 0.0870. The van der Waals surface area contributed by atoms with Crippen LogP contribution in [0.1, 0.15) is 15.9 Å². The summed E-state index contributed by atoms with van der Waals surface area (Å²) in [6, 6.07) is 20.7. The monoisotopic (exact) mass is 482 g/mol. The first-order valence-corrected chi connectivity index (χ1v) is 10.00. The molecule has 0 spiro atoms. The number of methoxy groups -OCH3 is 1. The number of amides is 1. The highest BCUT2D eigenvalue weighted by Crippen LogP contribution is 2.25. The Bertz CT molecular complexity index is 1080. The van der Waals surface area contributed by atoms with E-state index in [9.17, 15) is 9.59 Å². The first-order chi connectivity index (χ1) is 15.0. The molecule has 158 valence electrons. The van der Waals surface area contributed by atoms with E-state index in [1.165, 1.54) is 13.3 Å². The third-order valence-electron chi connectivity index (χ3n) is 3.98. The molecule has 0 aromatic heterocycles. The van der Waals surface area contributed by atoms with Crippen molar-refractivity contribution in [2.45, 2.75) is 0 Å². The van der Waals surface area contributed by atoms with Gasteiger partial charge < -0.3 is 14.2 Å². The van der Waals surface area contributed by atoms with Crippen molar-refractivity contribution in [1.82, 2.24) is 5.43 Å². The van der Waals surface area contributed by atoms with Crippen molar-refractivity contribution in [1.29, 1.82) is 0 Å². The number of ether oxygens (including phenoxy) is 3. The molecular weight excluding hydrogens is 464 g/mol. The van der Waals surface area contributed by atoms with E-state index < -0.39 is 11.9 Å². The van der Waals surface area contributed by atoms with Crippen molar-refractivity contribution >= 4 is 34.0 Å². The summed E-state index contributed by atoms with van der Waals surface area (Å²) in [4.78, 5) is 24.1. The van der Waals surface area contributed by atoms with Crippen LogP contribution >= 0.6 is 15.9 Å². The van der Waals surface area contributed by atoms with Crippen LogP contribution in [0.3, 0.4) is 0 Å². The summed E-state index contributed by atoms with van der Waals surface area (Å²) < 4.78 is 16.7. The van der Waals surface area contributed by atoms with Crippen molar-refractivity contribution < 1.29 is 23.8 Å². The lowest BCUT2D eigenvalue weighted by molar-refractivity contribution is -0.123. The van der Waals surface area contributed by atoms with Crippen molar-refractivity contribution in [2.24, 2.45) is 5.10 Å². The Morgan fingerprint density at radius 1 is 1.00 bits per heavy atom. The zero-order valence-corrected chi connectivity index (χ0v) is 18.2. The summed E-state index contributed by atoms with van der Waals surface area (Å²) in [6.07, 6.45) is 1.47. The Morgan fingerprint density at radius 3 is 2.45 bits per heavy atom. The van der Waals surface area contributed by atoms with Crippen LogP contribution in [0.4, 0.5) is 0 Å². The number of nitrogens with one attached hydrogen (secondary N) is 1. The van der Waals surface area contributed by atoms with Crippen LogP contribution in [0.2, 0.25) is 0 Å². The smallest absolute Gasteiger partial charge is 0.343 e. The van der Waals surface area contributed by atoms with Crippen LogP contribution in [-0.2, 0) is 4.79 Å². The molecule has 0 unspecified atom stereocenters. The number of halogens is 1. The van der Waals surface area contributed by atoms with Crippen LogP contribution in [0.15, 0.2) is 82.4 Å². The lowest BCUT2D eigenvalue weighted by atomic mass is 10.2. The van der Waals surface area contributed by atoms with E-state index in [0.29, 0.717) is 28.4 Å². The number of hydrazone groups is 1. The van der Waals surface area contributed by atoms with Gasteiger partial charge in [0.25, 0.3) is 5.91 Å². The predicted octanol–water partition coefficient (Wildman–Crippen LogP) is 4.21. The van der Waals surface area contributed by atoms with Gasteiger partial charge in [-0.1, -0.05) is 34.1 Å². The van der Waals surface area contributed by atoms with Gasteiger partial charge in [0.15, 0.2) is 18.1 Å². The zero-order chi connectivity index (χ0) is 22.1. The Morgan fingerprint density at radius 2 is 1.74 bits per heavy atom. The van der Waals surface area contributed by atoms with E-state index in [1.807, 2.05) is 12.1 Å². The first kappa shape index (κ1) is 22.0. The fourth-order valence-electron chi connectivity index (χ4n) is 2.50. The second-order valence-electron chi connectivity index (χ2n) is 6.20. The number of rotatable bonds is 8. The fourth-order valence-corrected chi connectivity index (χ4v) is 2.90. The summed E-state index contributed by atoms with van der Waals surface area (Å²) in [5.41, 5.74) is 3.55. The van der Waals surface area contributed by atoms with Gasteiger partial charge in [0.1, 0.15) is 5.75 Å². The maximum absolute atomic E-state index is 12.2. The Labute approximate surface area is 187 Å². The van der Waals surface area contributed by atoms with E-state index in [4.69, 9.17) is 14.2 Å². The molecule has 0 fully saturated rings. The minimum atomic E-state index is -0.454. The average molecular weight is 483 g/mol. The molecule has 0 aliphatic carbocycles. The van der Waals surface area contributed by atoms with Gasteiger partial charge >= 0.3 is 5.97 Å². The van der Waals surface area contributed by atoms with Crippen molar-refractivity contribution in [3.05, 3.63) is 88.4 Å². The molecule has 1 amide bonds. The third-order valence-corrected chi connectivity index (χ3v) is 4.47. The van der Waals surface area contributed by atoms with Gasteiger partial charge in [-0.3, -0.25) is 4.79 Å².